The molecule has 0 atom stereocenters. The van der Waals surface area contributed by atoms with E-state index in [0.717, 1.165) is 26.8 Å². The predicted octanol–water partition coefficient (Wildman–Crippen LogP) is 4.49. The van der Waals surface area contributed by atoms with Gasteiger partial charge in [0.25, 0.3) is 5.91 Å². The molecule has 2 aromatic carbocycles. The zero-order chi connectivity index (χ0) is 14.1. The number of rotatable bonds is 2. The van der Waals surface area contributed by atoms with Crippen molar-refractivity contribution in [3.63, 3.8) is 0 Å². The van der Waals surface area contributed by atoms with E-state index in [4.69, 9.17) is 0 Å². The molecular weight excluding hydrogens is 316 g/mol. The predicted molar refractivity (Wildman–Crippen MR) is 85.1 cm³/mol. The number of carbonyl (C=O) groups excluding carboxylic acids is 1. The number of nitrogens with one attached hydrogen (secondary N) is 2. The van der Waals surface area contributed by atoms with Crippen LogP contribution in [0.25, 0.3) is 10.9 Å². The average Bonchev–Trinajstić information content (AvgIpc) is 2.80. The van der Waals surface area contributed by atoms with Crippen LogP contribution >= 0.6 is 15.9 Å². The van der Waals surface area contributed by atoms with Crippen molar-refractivity contribution in [1.29, 1.82) is 0 Å². The number of aryl methyl sites for hydroxylation is 1. The molecule has 0 saturated carbocycles. The molecule has 100 valence electrons. The second-order valence-corrected chi connectivity index (χ2v) is 5.51. The maximum Gasteiger partial charge on any atom is 0.256 e. The van der Waals surface area contributed by atoms with Crippen LogP contribution < -0.4 is 5.32 Å². The van der Waals surface area contributed by atoms with Crippen LogP contribution in [0.4, 0.5) is 5.69 Å². The van der Waals surface area contributed by atoms with Crippen LogP contribution in [0.2, 0.25) is 0 Å². The Labute approximate surface area is 125 Å². The molecule has 20 heavy (non-hydrogen) atoms. The molecule has 0 aliphatic heterocycles. The van der Waals surface area contributed by atoms with E-state index in [1.807, 2.05) is 49.4 Å². The first-order valence-corrected chi connectivity index (χ1v) is 7.08. The topological polar surface area (TPSA) is 44.9 Å². The quantitative estimate of drug-likeness (QED) is 0.715. The van der Waals surface area contributed by atoms with Crippen molar-refractivity contribution in [2.45, 2.75) is 6.92 Å². The van der Waals surface area contributed by atoms with Gasteiger partial charge in [0.15, 0.2) is 0 Å². The number of hydrogen-bond donors (Lipinski definition) is 2. The number of amides is 1. The summed E-state index contributed by atoms with van der Waals surface area (Å²) in [5.41, 5.74) is 3.53. The normalized spacial score (nSPS) is 10.7. The van der Waals surface area contributed by atoms with Crippen LogP contribution in [0.15, 0.2) is 53.0 Å². The van der Waals surface area contributed by atoms with E-state index in [9.17, 15) is 4.79 Å². The van der Waals surface area contributed by atoms with Gasteiger partial charge in [-0.15, -0.1) is 0 Å². The molecule has 3 aromatic rings. The van der Waals surface area contributed by atoms with E-state index in [-0.39, 0.29) is 5.91 Å². The Morgan fingerprint density at radius 2 is 1.95 bits per heavy atom. The summed E-state index contributed by atoms with van der Waals surface area (Å²) in [6.07, 6.45) is 0. The zero-order valence-corrected chi connectivity index (χ0v) is 12.5. The van der Waals surface area contributed by atoms with Crippen molar-refractivity contribution >= 4 is 38.4 Å². The van der Waals surface area contributed by atoms with Crippen LogP contribution in [0, 0.1) is 6.92 Å². The monoisotopic (exact) mass is 328 g/mol. The molecule has 1 amide bonds. The Bertz CT molecular complexity index is 792. The molecule has 0 spiro atoms. The molecular formula is C16H13BrN2O. The van der Waals surface area contributed by atoms with Crippen molar-refractivity contribution in [2.24, 2.45) is 0 Å². The van der Waals surface area contributed by atoms with Gasteiger partial charge in [0.05, 0.1) is 11.3 Å². The minimum absolute atomic E-state index is 0.121. The summed E-state index contributed by atoms with van der Waals surface area (Å²) >= 11 is 3.40. The lowest BCUT2D eigenvalue weighted by molar-refractivity contribution is 0.102. The number of anilines is 1. The maximum absolute atomic E-state index is 12.3. The number of fused-ring (bicyclic) bond motifs is 1. The van der Waals surface area contributed by atoms with Crippen molar-refractivity contribution < 1.29 is 4.79 Å². The lowest BCUT2D eigenvalue weighted by atomic mass is 10.2. The van der Waals surface area contributed by atoms with Gasteiger partial charge in [0, 0.05) is 21.1 Å². The maximum atomic E-state index is 12.3. The summed E-state index contributed by atoms with van der Waals surface area (Å²) in [7, 11) is 0. The molecule has 1 heterocycles. The number of H-pyrrole nitrogens is 1. The molecule has 0 saturated heterocycles. The summed E-state index contributed by atoms with van der Waals surface area (Å²) in [5.74, 6) is -0.121. The second-order valence-electron chi connectivity index (χ2n) is 4.65. The van der Waals surface area contributed by atoms with Gasteiger partial charge in [-0.1, -0.05) is 18.2 Å². The fourth-order valence-corrected chi connectivity index (χ4v) is 2.70. The molecule has 0 unspecified atom stereocenters. The number of benzene rings is 2. The number of aromatic amines is 1. The van der Waals surface area contributed by atoms with Crippen molar-refractivity contribution in [2.75, 3.05) is 5.32 Å². The highest BCUT2D eigenvalue weighted by atomic mass is 79.9. The van der Waals surface area contributed by atoms with E-state index >= 15 is 0 Å². The molecule has 0 radical (unpaired) electrons. The first-order valence-electron chi connectivity index (χ1n) is 6.29. The number of halogens is 1. The third-order valence-corrected chi connectivity index (χ3v) is 3.86. The van der Waals surface area contributed by atoms with Crippen LogP contribution in [0.3, 0.4) is 0 Å². The minimum atomic E-state index is -0.121. The Hall–Kier alpha value is -2.07. The first-order chi connectivity index (χ1) is 9.65. The smallest absolute Gasteiger partial charge is 0.256 e. The van der Waals surface area contributed by atoms with Gasteiger partial charge in [0.2, 0.25) is 0 Å². The number of hydrogen-bond acceptors (Lipinski definition) is 1. The Morgan fingerprint density at radius 3 is 2.75 bits per heavy atom. The molecule has 1 aromatic heterocycles. The Kier molecular flexibility index (Phi) is 3.32. The Morgan fingerprint density at radius 1 is 1.15 bits per heavy atom. The summed E-state index contributed by atoms with van der Waals surface area (Å²) in [4.78, 5) is 15.6. The summed E-state index contributed by atoms with van der Waals surface area (Å²) in [6, 6.07) is 15.2. The molecule has 3 nitrogen and oxygen atoms in total. The molecule has 0 bridgehead atoms. The average molecular weight is 329 g/mol. The third-order valence-electron chi connectivity index (χ3n) is 3.17. The fraction of sp³-hybridized carbons (Fsp3) is 0.0625. The molecule has 0 fully saturated rings. The zero-order valence-electron chi connectivity index (χ0n) is 10.9. The Balaban J connectivity index is 1.97. The van der Waals surface area contributed by atoms with E-state index < -0.39 is 0 Å². The summed E-state index contributed by atoms with van der Waals surface area (Å²) < 4.78 is 0.787. The highest BCUT2D eigenvalue weighted by molar-refractivity contribution is 9.10. The van der Waals surface area contributed by atoms with Gasteiger partial charge in [-0.25, -0.2) is 0 Å². The van der Waals surface area contributed by atoms with E-state index in [2.05, 4.69) is 26.2 Å². The second kappa shape index (κ2) is 5.13. The summed E-state index contributed by atoms with van der Waals surface area (Å²) in [6.45, 7) is 2.00. The minimum Gasteiger partial charge on any atom is -0.359 e. The van der Waals surface area contributed by atoms with E-state index in [1.54, 1.807) is 6.07 Å². The summed E-state index contributed by atoms with van der Waals surface area (Å²) in [5, 5.41) is 3.99. The molecule has 4 heteroatoms. The van der Waals surface area contributed by atoms with Gasteiger partial charge >= 0.3 is 0 Å². The fourth-order valence-electron chi connectivity index (χ4n) is 2.24. The highest BCUT2D eigenvalue weighted by Crippen LogP contribution is 2.25. The van der Waals surface area contributed by atoms with Crippen LogP contribution in [-0.2, 0) is 0 Å². The molecule has 0 aliphatic carbocycles. The molecule has 2 N–H and O–H groups in total. The van der Waals surface area contributed by atoms with E-state index in [0.29, 0.717) is 5.56 Å². The van der Waals surface area contributed by atoms with Crippen LogP contribution in [-0.4, -0.2) is 10.9 Å². The third kappa shape index (κ3) is 2.34. The van der Waals surface area contributed by atoms with Gasteiger partial charge in [-0.05, 0) is 53.2 Å². The van der Waals surface area contributed by atoms with Gasteiger partial charge in [-0.2, -0.15) is 0 Å². The number of aromatic nitrogens is 1. The van der Waals surface area contributed by atoms with Crippen molar-refractivity contribution in [3.8, 4) is 0 Å². The lowest BCUT2D eigenvalue weighted by Gasteiger charge is -2.07. The van der Waals surface area contributed by atoms with Crippen LogP contribution in [0.5, 0.6) is 0 Å². The van der Waals surface area contributed by atoms with Gasteiger partial charge in [-0.3, -0.25) is 4.79 Å². The van der Waals surface area contributed by atoms with Crippen LogP contribution in [0.1, 0.15) is 16.1 Å². The highest BCUT2D eigenvalue weighted by Gasteiger charge is 2.11. The standard InChI is InChI=1S/C16H13BrN2O/c1-10-9-12-14(18-10)7-4-8-15(12)19-16(20)11-5-2-3-6-13(11)17/h2-9,18H,1H3,(H,19,20). The van der Waals surface area contributed by atoms with Crippen molar-refractivity contribution in [3.05, 3.63) is 64.3 Å². The molecule has 3 rings (SSSR count). The van der Waals surface area contributed by atoms with E-state index in [1.165, 1.54) is 0 Å². The largest absolute Gasteiger partial charge is 0.359 e. The number of carbonyl (C=O) groups is 1. The molecule has 0 aliphatic rings. The lowest BCUT2D eigenvalue weighted by Crippen LogP contribution is -2.12. The van der Waals surface area contributed by atoms with Crippen molar-refractivity contribution in [1.82, 2.24) is 4.98 Å². The van der Waals surface area contributed by atoms with Gasteiger partial charge < -0.3 is 10.3 Å². The van der Waals surface area contributed by atoms with Gasteiger partial charge in [0.1, 0.15) is 0 Å². The SMILES string of the molecule is Cc1cc2c(NC(=O)c3ccccc3Br)cccc2[nH]1. The first kappa shape index (κ1) is 12.9.